The molecule has 1 aromatic rings. The molecule has 2 rings (SSSR count). The van der Waals surface area contributed by atoms with Crippen LogP contribution in [0.5, 0.6) is 0 Å². The second-order valence-corrected chi connectivity index (χ2v) is 4.42. The van der Waals surface area contributed by atoms with Gasteiger partial charge in [0.25, 0.3) is 0 Å². The summed E-state index contributed by atoms with van der Waals surface area (Å²) in [6, 6.07) is 5.92. The van der Waals surface area contributed by atoms with E-state index in [9.17, 15) is 4.79 Å². The molecule has 1 unspecified atom stereocenters. The Morgan fingerprint density at radius 3 is 3.18 bits per heavy atom. The Morgan fingerprint density at radius 2 is 2.47 bits per heavy atom. The van der Waals surface area contributed by atoms with E-state index in [1.54, 1.807) is 6.20 Å². The molecular weight excluding hydrogens is 216 g/mol. The average molecular weight is 234 g/mol. The zero-order chi connectivity index (χ0) is 12.1. The third kappa shape index (κ3) is 3.27. The highest BCUT2D eigenvalue weighted by molar-refractivity contribution is 5.72. The van der Waals surface area contributed by atoms with Crippen LogP contribution in [0.15, 0.2) is 24.4 Å². The number of pyridine rings is 1. The molecule has 0 N–H and O–H groups in total. The van der Waals surface area contributed by atoms with Crippen molar-refractivity contribution < 1.29 is 9.53 Å². The number of hydrogen-bond donors (Lipinski definition) is 0. The first kappa shape index (κ1) is 12.0. The molecule has 17 heavy (non-hydrogen) atoms. The number of piperidine rings is 1. The fraction of sp³-hybridized carbons (Fsp3) is 0.538. The highest BCUT2D eigenvalue weighted by Crippen LogP contribution is 2.18. The van der Waals surface area contributed by atoms with Crippen LogP contribution in [0, 0.1) is 5.92 Å². The standard InChI is InChI=1S/C13H18N2O2/c1-17-13(16)11-5-4-8-15(9-11)10-12-6-2-3-7-14-12/h2-3,6-7,11H,4-5,8-10H2,1H3. The molecule has 1 saturated heterocycles. The molecule has 1 aliphatic rings. The average Bonchev–Trinajstić information content (AvgIpc) is 2.39. The molecule has 0 radical (unpaired) electrons. The highest BCUT2D eigenvalue weighted by Gasteiger charge is 2.26. The van der Waals surface area contributed by atoms with E-state index in [4.69, 9.17) is 4.74 Å². The molecule has 2 heterocycles. The number of rotatable bonds is 3. The van der Waals surface area contributed by atoms with Gasteiger partial charge in [0.15, 0.2) is 0 Å². The maximum Gasteiger partial charge on any atom is 0.309 e. The fourth-order valence-electron chi connectivity index (χ4n) is 2.28. The molecule has 4 nitrogen and oxygen atoms in total. The van der Waals surface area contributed by atoms with Gasteiger partial charge in [-0.1, -0.05) is 6.07 Å². The molecule has 4 heteroatoms. The van der Waals surface area contributed by atoms with Crippen molar-refractivity contribution in [2.24, 2.45) is 5.92 Å². The minimum atomic E-state index is -0.0873. The number of aromatic nitrogens is 1. The predicted octanol–water partition coefficient (Wildman–Crippen LogP) is 1.47. The van der Waals surface area contributed by atoms with Gasteiger partial charge in [-0.25, -0.2) is 0 Å². The first-order valence-corrected chi connectivity index (χ1v) is 5.99. The van der Waals surface area contributed by atoms with E-state index in [1.165, 1.54) is 7.11 Å². The zero-order valence-electron chi connectivity index (χ0n) is 10.1. The second-order valence-electron chi connectivity index (χ2n) is 4.42. The molecule has 0 aliphatic carbocycles. The van der Waals surface area contributed by atoms with Crippen LogP contribution in [0.1, 0.15) is 18.5 Å². The van der Waals surface area contributed by atoms with Crippen molar-refractivity contribution in [2.45, 2.75) is 19.4 Å². The van der Waals surface area contributed by atoms with E-state index in [-0.39, 0.29) is 11.9 Å². The van der Waals surface area contributed by atoms with E-state index >= 15 is 0 Å². The van der Waals surface area contributed by atoms with Gasteiger partial charge in [0, 0.05) is 19.3 Å². The number of carbonyl (C=O) groups is 1. The Bertz CT molecular complexity index is 367. The molecular formula is C13H18N2O2. The molecule has 92 valence electrons. The van der Waals surface area contributed by atoms with E-state index in [1.807, 2.05) is 18.2 Å². The minimum absolute atomic E-state index is 0.0254. The SMILES string of the molecule is COC(=O)C1CCCN(Cc2ccccn2)C1. The van der Waals surface area contributed by atoms with Crippen molar-refractivity contribution in [1.29, 1.82) is 0 Å². The van der Waals surface area contributed by atoms with Crippen LogP contribution in [0.4, 0.5) is 0 Å². The van der Waals surface area contributed by atoms with Gasteiger partial charge in [-0.15, -0.1) is 0 Å². The quantitative estimate of drug-likeness (QED) is 0.743. The number of ether oxygens (including phenoxy) is 1. The van der Waals surface area contributed by atoms with Gasteiger partial charge in [-0.3, -0.25) is 14.7 Å². The molecule has 1 fully saturated rings. The van der Waals surface area contributed by atoms with Gasteiger partial charge >= 0.3 is 5.97 Å². The van der Waals surface area contributed by atoms with Crippen molar-refractivity contribution in [2.75, 3.05) is 20.2 Å². The molecule has 1 aromatic heterocycles. The Hall–Kier alpha value is -1.42. The Kier molecular flexibility index (Phi) is 4.09. The summed E-state index contributed by atoms with van der Waals surface area (Å²) < 4.78 is 4.81. The monoisotopic (exact) mass is 234 g/mol. The summed E-state index contributed by atoms with van der Waals surface area (Å²) >= 11 is 0. The third-order valence-electron chi connectivity index (χ3n) is 3.15. The normalized spacial score (nSPS) is 21.1. The molecule has 0 saturated carbocycles. The molecule has 0 bridgehead atoms. The summed E-state index contributed by atoms with van der Waals surface area (Å²) in [5.74, 6) is -0.0619. The van der Waals surface area contributed by atoms with Crippen LogP contribution in [-0.2, 0) is 16.1 Å². The highest BCUT2D eigenvalue weighted by atomic mass is 16.5. The van der Waals surface area contributed by atoms with Crippen molar-refractivity contribution in [3.8, 4) is 0 Å². The van der Waals surface area contributed by atoms with Crippen molar-refractivity contribution >= 4 is 5.97 Å². The van der Waals surface area contributed by atoms with Crippen LogP contribution in [0.2, 0.25) is 0 Å². The second kappa shape index (κ2) is 5.77. The van der Waals surface area contributed by atoms with Crippen LogP contribution in [-0.4, -0.2) is 36.1 Å². The van der Waals surface area contributed by atoms with E-state index < -0.39 is 0 Å². The molecule has 0 spiro atoms. The predicted molar refractivity (Wildman–Crippen MR) is 64.3 cm³/mol. The summed E-state index contributed by atoms with van der Waals surface area (Å²) in [5.41, 5.74) is 1.05. The van der Waals surface area contributed by atoms with Crippen LogP contribution >= 0.6 is 0 Å². The number of carbonyl (C=O) groups excluding carboxylic acids is 1. The van der Waals surface area contributed by atoms with Crippen molar-refractivity contribution in [1.82, 2.24) is 9.88 Å². The van der Waals surface area contributed by atoms with Gasteiger partial charge in [-0.2, -0.15) is 0 Å². The maximum atomic E-state index is 11.5. The summed E-state index contributed by atoms with van der Waals surface area (Å²) in [4.78, 5) is 18.1. The Labute approximate surface area is 102 Å². The van der Waals surface area contributed by atoms with Crippen LogP contribution < -0.4 is 0 Å². The number of methoxy groups -OCH3 is 1. The summed E-state index contributed by atoms with van der Waals surface area (Å²) in [7, 11) is 1.46. The molecule has 0 aromatic carbocycles. The molecule has 1 atom stereocenters. The lowest BCUT2D eigenvalue weighted by Gasteiger charge is -2.30. The Morgan fingerprint density at radius 1 is 1.59 bits per heavy atom. The van der Waals surface area contributed by atoms with Gasteiger partial charge in [0.1, 0.15) is 0 Å². The van der Waals surface area contributed by atoms with Crippen molar-refractivity contribution in [3.63, 3.8) is 0 Å². The first-order chi connectivity index (χ1) is 8.29. The zero-order valence-corrected chi connectivity index (χ0v) is 10.1. The molecule has 0 amide bonds. The minimum Gasteiger partial charge on any atom is -0.469 e. The summed E-state index contributed by atoms with van der Waals surface area (Å²) in [5, 5.41) is 0. The van der Waals surface area contributed by atoms with E-state index in [2.05, 4.69) is 9.88 Å². The smallest absolute Gasteiger partial charge is 0.309 e. The van der Waals surface area contributed by atoms with Gasteiger partial charge in [-0.05, 0) is 31.5 Å². The Balaban J connectivity index is 1.92. The number of likely N-dealkylation sites (tertiary alicyclic amines) is 1. The largest absolute Gasteiger partial charge is 0.469 e. The van der Waals surface area contributed by atoms with Crippen LogP contribution in [0.3, 0.4) is 0 Å². The summed E-state index contributed by atoms with van der Waals surface area (Å²) in [6.45, 7) is 2.63. The lowest BCUT2D eigenvalue weighted by atomic mass is 9.98. The molecule has 1 aliphatic heterocycles. The fourth-order valence-corrected chi connectivity index (χ4v) is 2.28. The topological polar surface area (TPSA) is 42.4 Å². The third-order valence-corrected chi connectivity index (χ3v) is 3.15. The van der Waals surface area contributed by atoms with E-state index in [0.717, 1.165) is 38.2 Å². The number of nitrogens with zero attached hydrogens (tertiary/aromatic N) is 2. The van der Waals surface area contributed by atoms with Crippen molar-refractivity contribution in [3.05, 3.63) is 30.1 Å². The van der Waals surface area contributed by atoms with Gasteiger partial charge in [0.05, 0.1) is 18.7 Å². The van der Waals surface area contributed by atoms with Gasteiger partial charge in [0.2, 0.25) is 0 Å². The summed E-state index contributed by atoms with van der Waals surface area (Å²) in [6.07, 6.45) is 3.79. The first-order valence-electron chi connectivity index (χ1n) is 5.99. The van der Waals surface area contributed by atoms with Crippen LogP contribution in [0.25, 0.3) is 0 Å². The maximum absolute atomic E-state index is 11.5. The van der Waals surface area contributed by atoms with E-state index in [0.29, 0.717) is 0 Å². The number of hydrogen-bond acceptors (Lipinski definition) is 4. The number of esters is 1. The lowest BCUT2D eigenvalue weighted by Crippen LogP contribution is -2.38. The van der Waals surface area contributed by atoms with Gasteiger partial charge < -0.3 is 4.74 Å². The lowest BCUT2D eigenvalue weighted by molar-refractivity contribution is -0.147.